The van der Waals surface area contributed by atoms with E-state index in [2.05, 4.69) is 45.9 Å². The summed E-state index contributed by atoms with van der Waals surface area (Å²) in [5, 5.41) is 4.27. The molecular formula is C15H19N3S2. The van der Waals surface area contributed by atoms with Crippen LogP contribution < -0.4 is 5.32 Å². The molecule has 2 atom stereocenters. The van der Waals surface area contributed by atoms with Gasteiger partial charge in [-0.15, -0.1) is 0 Å². The van der Waals surface area contributed by atoms with E-state index >= 15 is 0 Å². The Balaban J connectivity index is 1.82. The number of aromatic nitrogens is 2. The van der Waals surface area contributed by atoms with Gasteiger partial charge in [0.1, 0.15) is 6.33 Å². The minimum atomic E-state index is 0.425. The van der Waals surface area contributed by atoms with Crippen LogP contribution in [0.3, 0.4) is 0 Å². The maximum Gasteiger partial charge on any atom is 0.170 e. The van der Waals surface area contributed by atoms with Crippen molar-refractivity contribution in [2.45, 2.75) is 41.8 Å². The van der Waals surface area contributed by atoms with E-state index in [9.17, 15) is 0 Å². The van der Waals surface area contributed by atoms with Gasteiger partial charge in [-0.2, -0.15) is 4.37 Å². The molecule has 2 aromatic rings. The van der Waals surface area contributed by atoms with E-state index in [0.717, 1.165) is 23.7 Å². The van der Waals surface area contributed by atoms with Crippen LogP contribution in [0, 0.1) is 0 Å². The summed E-state index contributed by atoms with van der Waals surface area (Å²) in [7, 11) is 0. The maximum absolute atomic E-state index is 4.32. The molecule has 3 rings (SSSR count). The third kappa shape index (κ3) is 3.05. The first-order valence-electron chi connectivity index (χ1n) is 7.13. The van der Waals surface area contributed by atoms with Crippen molar-refractivity contribution >= 4 is 23.3 Å². The predicted molar refractivity (Wildman–Crippen MR) is 85.4 cm³/mol. The molecule has 2 unspecified atom stereocenters. The number of hydrogen-bond acceptors (Lipinski definition) is 5. The Labute approximate surface area is 128 Å². The average molecular weight is 305 g/mol. The van der Waals surface area contributed by atoms with Gasteiger partial charge in [-0.1, -0.05) is 43.0 Å². The number of aryl methyl sites for hydroxylation is 1. The topological polar surface area (TPSA) is 37.8 Å². The highest BCUT2D eigenvalue weighted by Gasteiger charge is 2.30. The summed E-state index contributed by atoms with van der Waals surface area (Å²) in [5.74, 6) is 0. The molecule has 0 radical (unpaired) electrons. The molecule has 1 aromatic carbocycles. The Morgan fingerprint density at radius 1 is 1.40 bits per heavy atom. The average Bonchev–Trinajstić information content (AvgIpc) is 2.99. The van der Waals surface area contributed by atoms with Crippen molar-refractivity contribution in [3.8, 4) is 0 Å². The predicted octanol–water partition coefficient (Wildman–Crippen LogP) is 3.69. The first-order valence-corrected chi connectivity index (χ1v) is 8.78. The van der Waals surface area contributed by atoms with Crippen LogP contribution in [-0.4, -0.2) is 21.2 Å². The Hall–Kier alpha value is -0.910. The van der Waals surface area contributed by atoms with Gasteiger partial charge in [0.2, 0.25) is 0 Å². The SMILES string of the molecule is CCCNC1c2ccccc2CCC1Sc1ncns1. The smallest absolute Gasteiger partial charge is 0.170 e. The van der Waals surface area contributed by atoms with Crippen molar-refractivity contribution in [3.63, 3.8) is 0 Å². The maximum atomic E-state index is 4.32. The number of rotatable bonds is 5. The molecule has 106 valence electrons. The quantitative estimate of drug-likeness (QED) is 0.914. The van der Waals surface area contributed by atoms with Crippen molar-refractivity contribution < 1.29 is 0 Å². The fraction of sp³-hybridized carbons (Fsp3) is 0.467. The lowest BCUT2D eigenvalue weighted by Gasteiger charge is -2.33. The summed E-state index contributed by atoms with van der Waals surface area (Å²) in [5.41, 5.74) is 2.96. The van der Waals surface area contributed by atoms with Crippen LogP contribution in [0.25, 0.3) is 0 Å². The van der Waals surface area contributed by atoms with Crippen LogP contribution in [0.5, 0.6) is 0 Å². The summed E-state index contributed by atoms with van der Waals surface area (Å²) in [6, 6.07) is 9.26. The fourth-order valence-electron chi connectivity index (χ4n) is 2.74. The molecule has 5 heteroatoms. The van der Waals surface area contributed by atoms with Gasteiger partial charge < -0.3 is 5.32 Å². The third-order valence-corrected chi connectivity index (χ3v) is 5.76. The number of thioether (sulfide) groups is 1. The van der Waals surface area contributed by atoms with E-state index in [1.54, 1.807) is 6.33 Å². The van der Waals surface area contributed by atoms with E-state index in [-0.39, 0.29) is 0 Å². The van der Waals surface area contributed by atoms with Crippen LogP contribution in [0.2, 0.25) is 0 Å². The molecular weight excluding hydrogens is 286 g/mol. The first-order chi connectivity index (χ1) is 9.88. The van der Waals surface area contributed by atoms with Gasteiger partial charge in [0.25, 0.3) is 0 Å². The monoisotopic (exact) mass is 305 g/mol. The molecule has 0 amide bonds. The van der Waals surface area contributed by atoms with Gasteiger partial charge >= 0.3 is 0 Å². The summed E-state index contributed by atoms with van der Waals surface area (Å²) in [6.45, 7) is 3.28. The minimum absolute atomic E-state index is 0.425. The number of nitrogens with one attached hydrogen (secondary N) is 1. The lowest BCUT2D eigenvalue weighted by atomic mass is 9.87. The summed E-state index contributed by atoms with van der Waals surface area (Å²) < 4.78 is 5.19. The second kappa shape index (κ2) is 6.70. The molecule has 1 aliphatic rings. The normalized spacial score (nSPS) is 21.6. The van der Waals surface area contributed by atoms with Crippen molar-refractivity contribution in [2.75, 3.05) is 6.54 Å². The van der Waals surface area contributed by atoms with Gasteiger partial charge in [0.05, 0.1) is 0 Å². The van der Waals surface area contributed by atoms with E-state index in [4.69, 9.17) is 0 Å². The van der Waals surface area contributed by atoms with Gasteiger partial charge in [-0.05, 0) is 48.5 Å². The van der Waals surface area contributed by atoms with Gasteiger partial charge in [0.15, 0.2) is 4.34 Å². The zero-order chi connectivity index (χ0) is 13.8. The van der Waals surface area contributed by atoms with Crippen LogP contribution in [0.15, 0.2) is 34.9 Å². The molecule has 0 aliphatic heterocycles. The van der Waals surface area contributed by atoms with Crippen LogP contribution in [0.1, 0.15) is 36.9 Å². The number of hydrogen-bond donors (Lipinski definition) is 1. The van der Waals surface area contributed by atoms with Gasteiger partial charge in [-0.3, -0.25) is 0 Å². The van der Waals surface area contributed by atoms with Crippen molar-refractivity contribution in [3.05, 3.63) is 41.7 Å². The van der Waals surface area contributed by atoms with E-state index in [1.165, 1.54) is 29.1 Å². The Morgan fingerprint density at radius 3 is 3.10 bits per heavy atom. The molecule has 1 heterocycles. The molecule has 0 saturated heterocycles. The molecule has 1 aliphatic carbocycles. The number of fused-ring (bicyclic) bond motifs is 1. The minimum Gasteiger partial charge on any atom is -0.309 e. The largest absolute Gasteiger partial charge is 0.309 e. The van der Waals surface area contributed by atoms with E-state index < -0.39 is 0 Å². The highest BCUT2D eigenvalue weighted by molar-refractivity contribution is 8.01. The molecule has 1 aromatic heterocycles. The van der Waals surface area contributed by atoms with Crippen molar-refractivity contribution in [1.82, 2.24) is 14.7 Å². The first kappa shape index (κ1) is 14.0. The molecule has 1 N–H and O–H groups in total. The standard InChI is InChI=1S/C15H19N3S2/c1-2-9-16-14-12-6-4-3-5-11(12)7-8-13(14)19-15-17-10-18-20-15/h3-6,10,13-14,16H,2,7-9H2,1H3. The second-order valence-corrected chi connectivity index (χ2v) is 7.30. The summed E-state index contributed by atoms with van der Waals surface area (Å²) >= 11 is 3.37. The molecule has 0 fully saturated rings. The molecule has 3 nitrogen and oxygen atoms in total. The van der Waals surface area contributed by atoms with Crippen molar-refractivity contribution in [2.24, 2.45) is 0 Å². The third-order valence-electron chi connectivity index (χ3n) is 3.67. The highest BCUT2D eigenvalue weighted by atomic mass is 32.2. The van der Waals surface area contributed by atoms with E-state index in [0.29, 0.717) is 11.3 Å². The van der Waals surface area contributed by atoms with Crippen LogP contribution in [0.4, 0.5) is 0 Å². The molecule has 20 heavy (non-hydrogen) atoms. The van der Waals surface area contributed by atoms with Crippen LogP contribution in [-0.2, 0) is 6.42 Å². The molecule has 0 spiro atoms. The highest BCUT2D eigenvalue weighted by Crippen LogP contribution is 2.40. The van der Waals surface area contributed by atoms with Crippen molar-refractivity contribution in [1.29, 1.82) is 0 Å². The fourth-order valence-corrected chi connectivity index (χ4v) is 4.67. The zero-order valence-corrected chi connectivity index (χ0v) is 13.2. The molecule has 0 bridgehead atoms. The number of nitrogens with zero attached hydrogens (tertiary/aromatic N) is 2. The Morgan fingerprint density at radius 2 is 2.30 bits per heavy atom. The molecule has 0 saturated carbocycles. The summed E-state index contributed by atoms with van der Waals surface area (Å²) in [4.78, 5) is 4.32. The zero-order valence-electron chi connectivity index (χ0n) is 11.6. The lowest BCUT2D eigenvalue weighted by Crippen LogP contribution is -2.34. The summed E-state index contributed by atoms with van der Waals surface area (Å²) in [6.07, 6.45) is 5.17. The Bertz CT molecular complexity index is 542. The Kier molecular flexibility index (Phi) is 4.70. The lowest BCUT2D eigenvalue weighted by molar-refractivity contribution is 0.472. The number of benzene rings is 1. The van der Waals surface area contributed by atoms with Crippen LogP contribution >= 0.6 is 23.3 Å². The van der Waals surface area contributed by atoms with E-state index in [1.807, 2.05) is 11.8 Å². The van der Waals surface area contributed by atoms with Gasteiger partial charge in [-0.25, -0.2) is 4.98 Å². The van der Waals surface area contributed by atoms with Gasteiger partial charge in [0, 0.05) is 11.3 Å². The second-order valence-electron chi connectivity index (χ2n) is 5.03.